The highest BCUT2D eigenvalue weighted by Gasteiger charge is 2.29. The Labute approximate surface area is 172 Å². The van der Waals surface area contributed by atoms with Crippen LogP contribution < -0.4 is 10.6 Å². The van der Waals surface area contributed by atoms with Crippen LogP contribution in [0.15, 0.2) is 0 Å². The largest absolute Gasteiger partial charge is 0.447 e. The van der Waals surface area contributed by atoms with Gasteiger partial charge in [-0.3, -0.25) is 0 Å². The molecule has 2 rings (SSSR count). The summed E-state index contributed by atoms with van der Waals surface area (Å²) < 4.78 is 16.2. The van der Waals surface area contributed by atoms with Crippen molar-refractivity contribution in [1.82, 2.24) is 10.6 Å². The van der Waals surface area contributed by atoms with E-state index < -0.39 is 30.5 Å². The number of carbonyl (C=O) groups excluding carboxylic acids is 2. The van der Waals surface area contributed by atoms with Gasteiger partial charge in [0.1, 0.15) is 19.3 Å². The molecule has 3 atom stereocenters. The number of amides is 2. The van der Waals surface area contributed by atoms with Crippen LogP contribution in [0.1, 0.15) is 64.2 Å². The van der Waals surface area contributed by atoms with Crippen LogP contribution in [0, 0.1) is 0 Å². The Morgan fingerprint density at radius 2 is 1.34 bits per heavy atom. The lowest BCUT2D eigenvalue weighted by molar-refractivity contribution is -0.117. The van der Waals surface area contributed by atoms with Gasteiger partial charge in [-0.2, -0.15) is 0 Å². The quantitative estimate of drug-likeness (QED) is 0.541. The molecule has 2 aliphatic rings. The van der Waals surface area contributed by atoms with Gasteiger partial charge in [-0.15, -0.1) is 0 Å². The van der Waals surface area contributed by atoms with Crippen molar-refractivity contribution >= 4 is 12.2 Å². The van der Waals surface area contributed by atoms with Crippen molar-refractivity contribution in [2.24, 2.45) is 0 Å². The van der Waals surface area contributed by atoms with Crippen molar-refractivity contribution in [3.63, 3.8) is 0 Å². The molecule has 0 aromatic heterocycles. The molecular weight excluding hydrogens is 380 g/mol. The molecule has 0 spiro atoms. The Morgan fingerprint density at radius 1 is 0.793 bits per heavy atom. The number of hydrogen-bond acceptors (Lipinski definition) is 7. The number of hydrogen-bond donors (Lipinski definition) is 4. The molecule has 2 amide bonds. The average Bonchev–Trinajstić information content (AvgIpc) is 2.72. The minimum atomic E-state index is -1.08. The van der Waals surface area contributed by atoms with E-state index in [0.29, 0.717) is 13.1 Å². The van der Waals surface area contributed by atoms with Crippen molar-refractivity contribution in [3.8, 4) is 0 Å². The fourth-order valence-corrected chi connectivity index (χ4v) is 3.61. The molecule has 4 N–H and O–H groups in total. The van der Waals surface area contributed by atoms with Crippen LogP contribution in [0.2, 0.25) is 0 Å². The molecule has 1 aliphatic carbocycles. The Kier molecular flexibility index (Phi) is 11.1. The Hall–Kier alpha value is -1.58. The lowest BCUT2D eigenvalue weighted by Crippen LogP contribution is -2.41. The van der Waals surface area contributed by atoms with E-state index in [-0.39, 0.29) is 25.7 Å². The van der Waals surface area contributed by atoms with Gasteiger partial charge in [0.2, 0.25) is 0 Å². The molecule has 9 heteroatoms. The van der Waals surface area contributed by atoms with Crippen molar-refractivity contribution < 1.29 is 34.0 Å². The zero-order valence-corrected chi connectivity index (χ0v) is 17.1. The second kappa shape index (κ2) is 13.6. The minimum Gasteiger partial charge on any atom is -0.447 e. The summed E-state index contributed by atoms with van der Waals surface area (Å²) in [7, 11) is 0. The summed E-state index contributed by atoms with van der Waals surface area (Å²) in [5.74, 6) is 0. The minimum absolute atomic E-state index is 0.00602. The van der Waals surface area contributed by atoms with E-state index in [0.717, 1.165) is 51.4 Å². The van der Waals surface area contributed by atoms with Crippen LogP contribution in [-0.4, -0.2) is 73.1 Å². The van der Waals surface area contributed by atoms with Crippen molar-refractivity contribution in [3.05, 3.63) is 0 Å². The van der Waals surface area contributed by atoms with Gasteiger partial charge >= 0.3 is 12.2 Å². The molecule has 1 heterocycles. The van der Waals surface area contributed by atoms with Crippen LogP contribution in [-0.2, 0) is 14.2 Å². The zero-order valence-electron chi connectivity index (χ0n) is 17.1. The number of rotatable bonds is 2. The molecule has 2 fully saturated rings. The smallest absolute Gasteiger partial charge is 0.407 e. The first kappa shape index (κ1) is 23.7. The standard InChI is InChI=1S/C20H36N2O7/c23-15-12-18(29-16-8-4-3-5-9-16)17(24)14-28-20(26)22-11-7-2-1-6-10-21-19(25)27-13-15/h15-18,23-24H,1-14H2,(H,21,25)(H,22,26). The topological polar surface area (TPSA) is 126 Å². The van der Waals surface area contributed by atoms with Gasteiger partial charge < -0.3 is 35.1 Å². The van der Waals surface area contributed by atoms with Gasteiger partial charge in [0.25, 0.3) is 0 Å². The second-order valence-corrected chi connectivity index (χ2v) is 7.86. The molecular formula is C20H36N2O7. The van der Waals surface area contributed by atoms with Crippen molar-refractivity contribution in [2.75, 3.05) is 26.3 Å². The van der Waals surface area contributed by atoms with Crippen LogP contribution in [0.5, 0.6) is 0 Å². The van der Waals surface area contributed by atoms with Crippen LogP contribution in [0.3, 0.4) is 0 Å². The molecule has 1 aliphatic heterocycles. The summed E-state index contributed by atoms with van der Waals surface area (Å²) in [5, 5.41) is 26.1. The summed E-state index contributed by atoms with van der Waals surface area (Å²) in [5.41, 5.74) is 0. The number of carbonyl (C=O) groups is 2. The first-order valence-corrected chi connectivity index (χ1v) is 10.9. The molecule has 1 saturated heterocycles. The molecule has 29 heavy (non-hydrogen) atoms. The molecule has 0 aromatic rings. The fraction of sp³-hybridized carbons (Fsp3) is 0.900. The third-order valence-electron chi connectivity index (χ3n) is 5.29. The van der Waals surface area contributed by atoms with Gasteiger partial charge in [-0.05, 0) is 25.7 Å². The third kappa shape index (κ3) is 10.1. The van der Waals surface area contributed by atoms with Gasteiger partial charge in [0.15, 0.2) is 0 Å². The van der Waals surface area contributed by atoms with E-state index in [2.05, 4.69) is 10.6 Å². The fourth-order valence-electron chi connectivity index (χ4n) is 3.61. The van der Waals surface area contributed by atoms with Crippen LogP contribution in [0.4, 0.5) is 9.59 Å². The maximum Gasteiger partial charge on any atom is 0.407 e. The number of aliphatic hydroxyl groups excluding tert-OH is 2. The highest BCUT2D eigenvalue weighted by molar-refractivity contribution is 5.67. The summed E-state index contributed by atoms with van der Waals surface area (Å²) >= 11 is 0. The monoisotopic (exact) mass is 416 g/mol. The first-order valence-electron chi connectivity index (χ1n) is 10.9. The third-order valence-corrected chi connectivity index (χ3v) is 5.29. The summed E-state index contributed by atoms with van der Waals surface area (Å²) in [6.45, 7) is 0.573. The second-order valence-electron chi connectivity index (χ2n) is 7.86. The number of aliphatic hydroxyl groups is 2. The number of alkyl carbamates (subject to hydrolysis) is 2. The molecule has 0 bridgehead atoms. The molecule has 168 valence electrons. The summed E-state index contributed by atoms with van der Waals surface area (Å²) in [6.07, 6.45) is 4.72. The molecule has 3 unspecified atom stereocenters. The van der Waals surface area contributed by atoms with E-state index in [9.17, 15) is 19.8 Å². The van der Waals surface area contributed by atoms with E-state index >= 15 is 0 Å². The van der Waals surface area contributed by atoms with Gasteiger partial charge in [-0.1, -0.05) is 32.1 Å². The lowest BCUT2D eigenvalue weighted by atomic mass is 9.97. The predicted octanol–water partition coefficient (Wildman–Crippen LogP) is 1.84. The van der Waals surface area contributed by atoms with E-state index in [1.807, 2.05) is 0 Å². The van der Waals surface area contributed by atoms with Gasteiger partial charge in [-0.25, -0.2) is 9.59 Å². The van der Waals surface area contributed by atoms with Gasteiger partial charge in [0, 0.05) is 19.5 Å². The van der Waals surface area contributed by atoms with E-state index in [4.69, 9.17) is 14.2 Å². The number of cyclic esters (lactones) is 2. The average molecular weight is 417 g/mol. The maximum absolute atomic E-state index is 11.8. The zero-order chi connectivity index (χ0) is 20.9. The highest BCUT2D eigenvalue weighted by Crippen LogP contribution is 2.24. The van der Waals surface area contributed by atoms with E-state index in [1.54, 1.807) is 0 Å². The Balaban J connectivity index is 1.93. The molecule has 0 radical (unpaired) electrons. The Bertz CT molecular complexity index is 485. The summed E-state index contributed by atoms with van der Waals surface area (Å²) in [6, 6.07) is 0. The Morgan fingerprint density at radius 3 is 1.97 bits per heavy atom. The lowest BCUT2D eigenvalue weighted by Gasteiger charge is -2.31. The molecule has 9 nitrogen and oxygen atoms in total. The van der Waals surface area contributed by atoms with Gasteiger partial charge in [0.05, 0.1) is 18.3 Å². The predicted molar refractivity (Wildman–Crippen MR) is 106 cm³/mol. The van der Waals surface area contributed by atoms with Crippen molar-refractivity contribution in [2.45, 2.75) is 88.6 Å². The number of nitrogens with one attached hydrogen (secondary N) is 2. The SMILES string of the molecule is O=C1NCCCCCCNC(=O)OCC(O)C(OC2CCCCC2)CC(O)CO1. The van der Waals surface area contributed by atoms with Crippen LogP contribution >= 0.6 is 0 Å². The molecule has 1 saturated carbocycles. The normalized spacial score (nSPS) is 30.1. The number of ether oxygens (including phenoxy) is 3. The van der Waals surface area contributed by atoms with Crippen molar-refractivity contribution in [1.29, 1.82) is 0 Å². The van der Waals surface area contributed by atoms with E-state index in [1.165, 1.54) is 6.42 Å². The van der Waals surface area contributed by atoms with Crippen LogP contribution in [0.25, 0.3) is 0 Å². The molecule has 0 aromatic carbocycles. The summed E-state index contributed by atoms with van der Waals surface area (Å²) in [4.78, 5) is 23.5. The highest BCUT2D eigenvalue weighted by atomic mass is 16.6. The maximum atomic E-state index is 11.8. The first-order chi connectivity index (χ1) is 14.0.